The fourth-order valence-electron chi connectivity index (χ4n) is 1.89. The molecule has 0 saturated heterocycles. The van der Waals surface area contributed by atoms with Crippen LogP contribution >= 0.6 is 0 Å². The smallest absolute Gasteiger partial charge is 0.309 e. The molecule has 2 heterocycles. The van der Waals surface area contributed by atoms with E-state index in [0.717, 1.165) is 25.2 Å². The predicted octanol–water partition coefficient (Wildman–Crippen LogP) is 0.630. The lowest BCUT2D eigenvalue weighted by molar-refractivity contribution is -0.136. The van der Waals surface area contributed by atoms with Gasteiger partial charge in [0.05, 0.1) is 6.42 Å². The Bertz CT molecular complexity index is 357. The van der Waals surface area contributed by atoms with Gasteiger partial charge < -0.3 is 15.0 Å². The molecular weight excluding hydrogens is 180 g/mol. The van der Waals surface area contributed by atoms with E-state index in [1.165, 1.54) is 11.3 Å². The molecule has 14 heavy (non-hydrogen) atoms. The summed E-state index contributed by atoms with van der Waals surface area (Å²) in [6, 6.07) is 1.98. The number of aromatic amines is 1. The van der Waals surface area contributed by atoms with Crippen LogP contribution in [0.25, 0.3) is 0 Å². The lowest BCUT2D eigenvalue weighted by Gasteiger charge is -2.21. The van der Waals surface area contributed by atoms with Crippen LogP contribution in [0.15, 0.2) is 6.07 Å². The predicted molar refractivity (Wildman–Crippen MR) is 52.2 cm³/mol. The minimum absolute atomic E-state index is 0.0940. The Kier molecular flexibility index (Phi) is 2.29. The van der Waals surface area contributed by atoms with Gasteiger partial charge in [-0.2, -0.15) is 0 Å². The number of nitrogens with zero attached hydrogens (tertiary/aromatic N) is 1. The highest BCUT2D eigenvalue weighted by molar-refractivity contribution is 5.69. The molecular formula is C10H14N2O2. The molecule has 1 aliphatic rings. The maximum absolute atomic E-state index is 10.5. The van der Waals surface area contributed by atoms with Crippen LogP contribution in [-0.4, -0.2) is 34.6 Å². The number of fused-ring (bicyclic) bond motifs is 1. The Morgan fingerprint density at radius 2 is 2.50 bits per heavy atom. The molecule has 76 valence electrons. The Balaban J connectivity index is 2.19. The normalized spacial score (nSPS) is 16.6. The van der Waals surface area contributed by atoms with Gasteiger partial charge in [0, 0.05) is 24.5 Å². The monoisotopic (exact) mass is 194 g/mol. The first-order chi connectivity index (χ1) is 6.65. The van der Waals surface area contributed by atoms with E-state index < -0.39 is 5.97 Å². The van der Waals surface area contributed by atoms with Gasteiger partial charge in [-0.05, 0) is 25.1 Å². The highest BCUT2D eigenvalue weighted by atomic mass is 16.4. The molecule has 4 nitrogen and oxygen atoms in total. The van der Waals surface area contributed by atoms with Gasteiger partial charge >= 0.3 is 5.97 Å². The molecule has 2 N–H and O–H groups in total. The number of aromatic nitrogens is 1. The number of likely N-dealkylation sites (N-methyl/N-ethyl adjacent to an activating group) is 1. The molecule has 0 aromatic carbocycles. The summed E-state index contributed by atoms with van der Waals surface area (Å²) in [5, 5.41) is 8.65. The Hall–Kier alpha value is -1.29. The van der Waals surface area contributed by atoms with Crippen molar-refractivity contribution in [1.29, 1.82) is 0 Å². The molecule has 1 aromatic heterocycles. The molecule has 0 atom stereocenters. The van der Waals surface area contributed by atoms with Crippen molar-refractivity contribution in [3.05, 3.63) is 23.0 Å². The molecule has 2 rings (SSSR count). The standard InChI is InChI=1S/C10H14N2O2/c1-12-3-2-7-4-8(5-10(13)14)11-9(7)6-12/h4,11H,2-3,5-6H2,1H3,(H,13,14). The van der Waals surface area contributed by atoms with Gasteiger partial charge in [-0.1, -0.05) is 0 Å². The number of hydrogen-bond acceptors (Lipinski definition) is 2. The summed E-state index contributed by atoms with van der Waals surface area (Å²) in [5.41, 5.74) is 3.27. The van der Waals surface area contributed by atoms with Crippen molar-refractivity contribution >= 4 is 5.97 Å². The first-order valence-electron chi connectivity index (χ1n) is 4.75. The third-order valence-corrected chi connectivity index (χ3v) is 2.58. The van der Waals surface area contributed by atoms with Gasteiger partial charge in [0.15, 0.2) is 0 Å². The fraction of sp³-hybridized carbons (Fsp3) is 0.500. The van der Waals surface area contributed by atoms with Crippen LogP contribution in [0.1, 0.15) is 17.0 Å². The van der Waals surface area contributed by atoms with Crippen LogP contribution < -0.4 is 0 Å². The minimum atomic E-state index is -0.781. The van der Waals surface area contributed by atoms with Gasteiger partial charge in [-0.15, -0.1) is 0 Å². The highest BCUT2D eigenvalue weighted by Gasteiger charge is 2.16. The minimum Gasteiger partial charge on any atom is -0.481 e. The highest BCUT2D eigenvalue weighted by Crippen LogP contribution is 2.18. The van der Waals surface area contributed by atoms with Crippen LogP contribution in [0.5, 0.6) is 0 Å². The number of nitrogens with one attached hydrogen (secondary N) is 1. The number of carboxylic acid groups (broad SMARTS) is 1. The molecule has 0 saturated carbocycles. The first kappa shape index (κ1) is 9.27. The lowest BCUT2D eigenvalue weighted by Crippen LogP contribution is -2.25. The Labute approximate surface area is 82.5 Å². The summed E-state index contributed by atoms with van der Waals surface area (Å²) in [4.78, 5) is 15.9. The van der Waals surface area contributed by atoms with Crippen molar-refractivity contribution in [3.63, 3.8) is 0 Å². The summed E-state index contributed by atoms with van der Waals surface area (Å²) in [6.07, 6.45) is 1.11. The third kappa shape index (κ3) is 1.80. The second kappa shape index (κ2) is 3.46. The average molecular weight is 194 g/mol. The van der Waals surface area contributed by atoms with Crippen molar-refractivity contribution in [1.82, 2.24) is 9.88 Å². The van der Waals surface area contributed by atoms with E-state index in [1.54, 1.807) is 0 Å². The van der Waals surface area contributed by atoms with E-state index in [-0.39, 0.29) is 6.42 Å². The van der Waals surface area contributed by atoms with Crippen LogP contribution in [0.2, 0.25) is 0 Å². The molecule has 0 spiro atoms. The van der Waals surface area contributed by atoms with E-state index in [2.05, 4.69) is 16.9 Å². The van der Waals surface area contributed by atoms with Crippen molar-refractivity contribution in [2.75, 3.05) is 13.6 Å². The quantitative estimate of drug-likeness (QED) is 0.726. The third-order valence-electron chi connectivity index (χ3n) is 2.58. The van der Waals surface area contributed by atoms with Gasteiger partial charge in [0.1, 0.15) is 0 Å². The van der Waals surface area contributed by atoms with Gasteiger partial charge in [-0.3, -0.25) is 4.79 Å². The van der Waals surface area contributed by atoms with Crippen molar-refractivity contribution < 1.29 is 9.90 Å². The second-order valence-electron chi connectivity index (χ2n) is 3.86. The zero-order valence-corrected chi connectivity index (χ0v) is 8.21. The van der Waals surface area contributed by atoms with Crippen molar-refractivity contribution in [2.24, 2.45) is 0 Å². The van der Waals surface area contributed by atoms with E-state index in [9.17, 15) is 4.79 Å². The molecule has 0 radical (unpaired) electrons. The molecule has 1 aromatic rings. The van der Waals surface area contributed by atoms with Crippen molar-refractivity contribution in [3.8, 4) is 0 Å². The molecule has 0 fully saturated rings. The number of hydrogen-bond donors (Lipinski definition) is 2. The Morgan fingerprint density at radius 1 is 1.71 bits per heavy atom. The molecule has 0 aliphatic carbocycles. The number of aliphatic carboxylic acids is 1. The zero-order chi connectivity index (χ0) is 10.1. The molecule has 0 unspecified atom stereocenters. The lowest BCUT2D eigenvalue weighted by atomic mass is 10.1. The summed E-state index contributed by atoms with van der Waals surface area (Å²) in [7, 11) is 2.07. The second-order valence-corrected chi connectivity index (χ2v) is 3.86. The van der Waals surface area contributed by atoms with Crippen LogP contribution in [0.3, 0.4) is 0 Å². The summed E-state index contributed by atoms with van der Waals surface area (Å²) in [6.45, 7) is 1.95. The van der Waals surface area contributed by atoms with E-state index in [0.29, 0.717) is 0 Å². The summed E-state index contributed by atoms with van der Waals surface area (Å²) in [5.74, 6) is -0.781. The largest absolute Gasteiger partial charge is 0.481 e. The Morgan fingerprint density at radius 3 is 3.21 bits per heavy atom. The van der Waals surface area contributed by atoms with E-state index in [4.69, 9.17) is 5.11 Å². The number of carboxylic acids is 1. The topological polar surface area (TPSA) is 56.3 Å². The van der Waals surface area contributed by atoms with Gasteiger partial charge in [0.25, 0.3) is 0 Å². The SMILES string of the molecule is CN1CCc2cc(CC(=O)O)[nH]c2C1. The summed E-state index contributed by atoms with van der Waals surface area (Å²) >= 11 is 0. The van der Waals surface area contributed by atoms with Crippen molar-refractivity contribution in [2.45, 2.75) is 19.4 Å². The van der Waals surface area contributed by atoms with Crippen LogP contribution in [0, 0.1) is 0 Å². The maximum Gasteiger partial charge on any atom is 0.309 e. The molecule has 4 heteroatoms. The molecule has 0 amide bonds. The molecule has 0 bridgehead atoms. The first-order valence-corrected chi connectivity index (χ1v) is 4.75. The maximum atomic E-state index is 10.5. The zero-order valence-electron chi connectivity index (χ0n) is 8.21. The average Bonchev–Trinajstić information content (AvgIpc) is 2.44. The van der Waals surface area contributed by atoms with E-state index in [1.807, 2.05) is 6.07 Å². The summed E-state index contributed by atoms with van der Waals surface area (Å²) < 4.78 is 0. The van der Waals surface area contributed by atoms with E-state index >= 15 is 0 Å². The number of H-pyrrole nitrogens is 1. The van der Waals surface area contributed by atoms with Crippen LogP contribution in [0.4, 0.5) is 0 Å². The molecule has 1 aliphatic heterocycles. The number of carbonyl (C=O) groups is 1. The number of rotatable bonds is 2. The van der Waals surface area contributed by atoms with Gasteiger partial charge in [-0.25, -0.2) is 0 Å². The van der Waals surface area contributed by atoms with Crippen LogP contribution in [-0.2, 0) is 24.2 Å². The fourth-order valence-corrected chi connectivity index (χ4v) is 1.89. The van der Waals surface area contributed by atoms with Gasteiger partial charge in [0.2, 0.25) is 0 Å².